The van der Waals surface area contributed by atoms with Gasteiger partial charge in [-0.2, -0.15) is 0 Å². The molecule has 0 spiro atoms. The summed E-state index contributed by atoms with van der Waals surface area (Å²) in [4.78, 5) is 2.13. The van der Waals surface area contributed by atoms with Crippen LogP contribution in [0, 0.1) is 11.8 Å². The van der Waals surface area contributed by atoms with Gasteiger partial charge in [-0.15, -0.1) is 0 Å². The van der Waals surface area contributed by atoms with Crippen molar-refractivity contribution in [1.82, 2.24) is 4.90 Å². The van der Waals surface area contributed by atoms with Gasteiger partial charge in [0.15, 0.2) is 0 Å². The lowest BCUT2D eigenvalue weighted by Crippen LogP contribution is -2.24. The molecule has 0 fully saturated rings. The molecule has 88 valence electrons. The van der Waals surface area contributed by atoms with E-state index in [1.807, 2.05) is 0 Å². The summed E-state index contributed by atoms with van der Waals surface area (Å²) in [5, 5.41) is 0. The van der Waals surface area contributed by atoms with Crippen LogP contribution in [0.15, 0.2) is 42.6 Å². The lowest BCUT2D eigenvalue weighted by Gasteiger charge is -2.28. The summed E-state index contributed by atoms with van der Waals surface area (Å²) in [6, 6.07) is 10.7. The number of nitrogens with zero attached hydrogens (tertiary/aromatic N) is 1. The monoisotopic (exact) mass is 217 g/mol. The molecule has 0 saturated heterocycles. The molecule has 0 aliphatic rings. The Labute approximate surface area is 99.8 Å². The first-order chi connectivity index (χ1) is 7.52. The Kier molecular flexibility index (Phi) is 4.60. The molecule has 0 radical (unpaired) electrons. The molecule has 0 amide bonds. The first kappa shape index (κ1) is 12.8. The molecule has 1 rings (SSSR count). The summed E-state index contributed by atoms with van der Waals surface area (Å²) >= 11 is 0. The molecule has 0 bridgehead atoms. The Balaban J connectivity index is 2.77. The van der Waals surface area contributed by atoms with Gasteiger partial charge in [-0.1, -0.05) is 50.8 Å². The third-order valence-corrected chi connectivity index (χ3v) is 3.11. The van der Waals surface area contributed by atoms with Crippen LogP contribution in [0.5, 0.6) is 0 Å². The van der Waals surface area contributed by atoms with Crippen LogP contribution in [0.2, 0.25) is 0 Å². The Bertz CT molecular complexity index is 325. The van der Waals surface area contributed by atoms with E-state index in [1.54, 1.807) is 0 Å². The zero-order valence-corrected chi connectivity index (χ0v) is 10.9. The highest BCUT2D eigenvalue weighted by molar-refractivity contribution is 5.17. The van der Waals surface area contributed by atoms with Gasteiger partial charge in [-0.25, -0.2) is 0 Å². The van der Waals surface area contributed by atoms with Crippen LogP contribution in [0.1, 0.15) is 19.4 Å². The maximum absolute atomic E-state index is 4.20. The first-order valence-electron chi connectivity index (χ1n) is 5.92. The van der Waals surface area contributed by atoms with Gasteiger partial charge in [0, 0.05) is 25.7 Å². The molecule has 0 heterocycles. The maximum Gasteiger partial charge on any atom is 0.00919 e. The third-order valence-electron chi connectivity index (χ3n) is 3.11. The maximum atomic E-state index is 4.20. The van der Waals surface area contributed by atoms with Gasteiger partial charge in [0.25, 0.3) is 0 Å². The van der Waals surface area contributed by atoms with E-state index in [0.717, 1.165) is 6.42 Å². The number of hydrogen-bond donors (Lipinski definition) is 0. The van der Waals surface area contributed by atoms with Crippen molar-refractivity contribution in [1.29, 1.82) is 0 Å². The number of hydrogen-bond acceptors (Lipinski definition) is 1. The minimum absolute atomic E-state index is 0.525. The average molecular weight is 217 g/mol. The van der Waals surface area contributed by atoms with Crippen molar-refractivity contribution in [3.8, 4) is 0 Å². The Morgan fingerprint density at radius 3 is 2.19 bits per heavy atom. The van der Waals surface area contributed by atoms with E-state index in [1.165, 1.54) is 11.3 Å². The predicted molar refractivity (Wildman–Crippen MR) is 71.3 cm³/mol. The van der Waals surface area contributed by atoms with Crippen LogP contribution >= 0.6 is 0 Å². The summed E-state index contributed by atoms with van der Waals surface area (Å²) < 4.78 is 0. The van der Waals surface area contributed by atoms with Crippen LogP contribution < -0.4 is 0 Å². The highest BCUT2D eigenvalue weighted by Gasteiger charge is 2.18. The van der Waals surface area contributed by atoms with Crippen LogP contribution in [0.25, 0.3) is 0 Å². The second-order valence-corrected chi connectivity index (χ2v) is 4.93. The number of rotatable bonds is 5. The zero-order valence-electron chi connectivity index (χ0n) is 10.9. The van der Waals surface area contributed by atoms with Crippen molar-refractivity contribution in [2.45, 2.75) is 20.3 Å². The normalized spacial score (nSPS) is 12.6. The SMILES string of the molecule is C=C(C(Cc1ccccc1)C(C)C)N(C)C. The Hall–Kier alpha value is -1.24. The van der Waals surface area contributed by atoms with Gasteiger partial charge in [-0.3, -0.25) is 0 Å². The number of allylic oxidation sites excluding steroid dienone is 1. The van der Waals surface area contributed by atoms with Crippen LogP contribution in [0.3, 0.4) is 0 Å². The Morgan fingerprint density at radius 1 is 1.19 bits per heavy atom. The second-order valence-electron chi connectivity index (χ2n) is 4.93. The molecule has 1 atom stereocenters. The topological polar surface area (TPSA) is 3.24 Å². The average Bonchev–Trinajstić information content (AvgIpc) is 2.26. The molecule has 0 aliphatic carbocycles. The minimum Gasteiger partial charge on any atom is -0.381 e. The lowest BCUT2D eigenvalue weighted by molar-refractivity contribution is 0.345. The number of benzene rings is 1. The molecule has 1 nitrogen and oxygen atoms in total. The van der Waals surface area contributed by atoms with E-state index in [4.69, 9.17) is 0 Å². The molecule has 16 heavy (non-hydrogen) atoms. The van der Waals surface area contributed by atoms with E-state index in [-0.39, 0.29) is 0 Å². The summed E-state index contributed by atoms with van der Waals surface area (Å²) in [5.41, 5.74) is 2.61. The van der Waals surface area contributed by atoms with Crippen LogP contribution in [-0.4, -0.2) is 19.0 Å². The molecule has 0 aliphatic heterocycles. The van der Waals surface area contributed by atoms with E-state index in [2.05, 4.69) is 69.8 Å². The molecule has 1 unspecified atom stereocenters. The van der Waals surface area contributed by atoms with Crippen molar-refractivity contribution in [3.05, 3.63) is 48.2 Å². The van der Waals surface area contributed by atoms with Gasteiger partial charge in [0.2, 0.25) is 0 Å². The fourth-order valence-corrected chi connectivity index (χ4v) is 1.94. The summed E-state index contributed by atoms with van der Waals surface area (Å²) in [5.74, 6) is 1.15. The zero-order chi connectivity index (χ0) is 12.1. The molecule has 1 heteroatoms. The Morgan fingerprint density at radius 2 is 1.75 bits per heavy atom. The van der Waals surface area contributed by atoms with Gasteiger partial charge in [0.1, 0.15) is 0 Å². The highest BCUT2D eigenvalue weighted by atomic mass is 15.1. The van der Waals surface area contributed by atoms with Crippen molar-refractivity contribution < 1.29 is 0 Å². The smallest absolute Gasteiger partial charge is 0.00919 e. The minimum atomic E-state index is 0.525. The molecular weight excluding hydrogens is 194 g/mol. The second kappa shape index (κ2) is 5.74. The van der Waals surface area contributed by atoms with Crippen molar-refractivity contribution in [2.24, 2.45) is 11.8 Å². The summed E-state index contributed by atoms with van der Waals surface area (Å²) in [6.07, 6.45) is 1.08. The molecule has 1 aromatic rings. The molecular formula is C15H23N. The quantitative estimate of drug-likeness (QED) is 0.728. The molecule has 0 N–H and O–H groups in total. The predicted octanol–water partition coefficient (Wildman–Crippen LogP) is 3.58. The van der Waals surface area contributed by atoms with Gasteiger partial charge in [0.05, 0.1) is 0 Å². The molecule has 1 aromatic carbocycles. The fourth-order valence-electron chi connectivity index (χ4n) is 1.94. The fraction of sp³-hybridized carbons (Fsp3) is 0.467. The van der Waals surface area contributed by atoms with E-state index in [9.17, 15) is 0 Å². The van der Waals surface area contributed by atoms with Gasteiger partial charge in [-0.05, 0) is 17.9 Å². The molecule has 0 saturated carbocycles. The van der Waals surface area contributed by atoms with Crippen LogP contribution in [0.4, 0.5) is 0 Å². The van der Waals surface area contributed by atoms with Crippen LogP contribution in [-0.2, 0) is 6.42 Å². The lowest BCUT2D eigenvalue weighted by atomic mass is 9.86. The van der Waals surface area contributed by atoms with Crippen molar-refractivity contribution in [3.63, 3.8) is 0 Å². The summed E-state index contributed by atoms with van der Waals surface area (Å²) in [6.45, 7) is 8.73. The molecule has 0 aromatic heterocycles. The van der Waals surface area contributed by atoms with Gasteiger partial charge < -0.3 is 4.90 Å². The first-order valence-corrected chi connectivity index (χ1v) is 5.92. The standard InChI is InChI=1S/C15H23N/c1-12(2)15(13(3)16(4)5)11-14-9-7-6-8-10-14/h6-10,12,15H,3,11H2,1-2,4-5H3. The van der Waals surface area contributed by atoms with Crippen molar-refractivity contribution in [2.75, 3.05) is 14.1 Å². The van der Waals surface area contributed by atoms with E-state index >= 15 is 0 Å². The largest absolute Gasteiger partial charge is 0.381 e. The van der Waals surface area contributed by atoms with Crippen molar-refractivity contribution >= 4 is 0 Å². The summed E-state index contributed by atoms with van der Waals surface area (Å²) in [7, 11) is 4.14. The van der Waals surface area contributed by atoms with E-state index in [0.29, 0.717) is 11.8 Å². The third kappa shape index (κ3) is 3.41. The van der Waals surface area contributed by atoms with Gasteiger partial charge >= 0.3 is 0 Å². The van der Waals surface area contributed by atoms with E-state index < -0.39 is 0 Å². The highest BCUT2D eigenvalue weighted by Crippen LogP contribution is 2.24.